The Morgan fingerprint density at radius 1 is 1.36 bits per heavy atom. The zero-order valence-corrected chi connectivity index (χ0v) is 13.2. The van der Waals surface area contributed by atoms with E-state index in [1.54, 1.807) is 7.11 Å². The molecule has 2 aromatic rings. The number of para-hydroxylation sites is 1. The Labute approximate surface area is 130 Å². The highest BCUT2D eigenvalue weighted by atomic mass is 16.5. The first-order valence-electron chi connectivity index (χ1n) is 7.51. The van der Waals surface area contributed by atoms with Crippen LogP contribution in [0.2, 0.25) is 0 Å². The number of carbonyl (C=O) groups is 1. The Morgan fingerprint density at radius 2 is 2.09 bits per heavy atom. The molecular formula is C17H21N3O2. The topological polar surface area (TPSA) is 67.0 Å². The summed E-state index contributed by atoms with van der Waals surface area (Å²) in [6, 6.07) is 7.77. The summed E-state index contributed by atoms with van der Waals surface area (Å²) in [4.78, 5) is 12.7. The molecule has 1 heterocycles. The van der Waals surface area contributed by atoms with Crippen LogP contribution in [0.3, 0.4) is 0 Å². The Morgan fingerprint density at radius 3 is 2.68 bits per heavy atom. The van der Waals surface area contributed by atoms with Crippen LogP contribution in [0.1, 0.15) is 35.4 Å². The van der Waals surface area contributed by atoms with Gasteiger partial charge in [0.2, 0.25) is 5.91 Å². The molecule has 0 aliphatic heterocycles. The second-order valence-corrected chi connectivity index (χ2v) is 5.88. The van der Waals surface area contributed by atoms with Gasteiger partial charge in [0.05, 0.1) is 18.2 Å². The van der Waals surface area contributed by atoms with Crippen LogP contribution >= 0.6 is 0 Å². The highest BCUT2D eigenvalue weighted by molar-refractivity contribution is 5.92. The predicted molar refractivity (Wildman–Crippen MR) is 83.8 cm³/mol. The molecule has 1 aromatic heterocycles. The lowest BCUT2D eigenvalue weighted by atomic mass is 9.94. The minimum absolute atomic E-state index is 0.0667. The zero-order valence-electron chi connectivity index (χ0n) is 13.2. The first-order chi connectivity index (χ1) is 10.6. The fraction of sp³-hybridized carbons (Fsp3) is 0.412. The van der Waals surface area contributed by atoms with E-state index in [0.717, 1.165) is 41.1 Å². The van der Waals surface area contributed by atoms with E-state index >= 15 is 0 Å². The van der Waals surface area contributed by atoms with Gasteiger partial charge in [0.25, 0.3) is 0 Å². The first-order valence-corrected chi connectivity index (χ1v) is 7.51. The number of methoxy groups -OCH3 is 1. The number of nitrogens with one attached hydrogen (secondary N) is 2. The van der Waals surface area contributed by atoms with Crippen molar-refractivity contribution < 1.29 is 9.53 Å². The standard InChI is InChI=1S/C17H21N3O2/c1-11-13(12(2)20-19-11)10-18-16(21)17(8-9-17)14-6-4-5-7-15(14)22-3/h4-7H,8-10H2,1-3H3,(H,18,21)(H,19,20). The lowest BCUT2D eigenvalue weighted by Gasteiger charge is -2.18. The van der Waals surface area contributed by atoms with E-state index in [-0.39, 0.29) is 5.91 Å². The van der Waals surface area contributed by atoms with E-state index in [0.29, 0.717) is 6.54 Å². The third-order valence-corrected chi connectivity index (χ3v) is 4.51. The van der Waals surface area contributed by atoms with Crippen molar-refractivity contribution in [2.24, 2.45) is 0 Å². The normalized spacial score (nSPS) is 15.4. The third kappa shape index (κ3) is 2.36. The zero-order chi connectivity index (χ0) is 15.7. The minimum atomic E-state index is -0.432. The highest BCUT2D eigenvalue weighted by Gasteiger charge is 2.52. The summed E-state index contributed by atoms with van der Waals surface area (Å²) >= 11 is 0. The highest BCUT2D eigenvalue weighted by Crippen LogP contribution is 2.51. The smallest absolute Gasteiger partial charge is 0.231 e. The summed E-state index contributed by atoms with van der Waals surface area (Å²) in [6.45, 7) is 4.41. The van der Waals surface area contributed by atoms with Crippen LogP contribution in [-0.4, -0.2) is 23.2 Å². The molecule has 2 N–H and O–H groups in total. The lowest BCUT2D eigenvalue weighted by Crippen LogP contribution is -2.34. The van der Waals surface area contributed by atoms with E-state index in [2.05, 4.69) is 15.5 Å². The molecule has 0 bridgehead atoms. The molecule has 5 heteroatoms. The number of hydrogen-bond donors (Lipinski definition) is 2. The molecule has 1 aliphatic carbocycles. The Kier molecular flexibility index (Phi) is 3.64. The van der Waals surface area contributed by atoms with Gasteiger partial charge in [-0.05, 0) is 32.8 Å². The molecule has 1 aliphatic rings. The summed E-state index contributed by atoms with van der Waals surface area (Å²) in [6.07, 6.45) is 1.73. The predicted octanol–water partition coefficient (Wildman–Crippen LogP) is 2.38. The number of aryl methyl sites for hydroxylation is 2. The number of ether oxygens (including phenoxy) is 1. The van der Waals surface area contributed by atoms with Crippen molar-refractivity contribution in [1.29, 1.82) is 0 Å². The monoisotopic (exact) mass is 299 g/mol. The Bertz CT molecular complexity index is 682. The molecule has 0 unspecified atom stereocenters. The van der Waals surface area contributed by atoms with Gasteiger partial charge >= 0.3 is 0 Å². The minimum Gasteiger partial charge on any atom is -0.496 e. The summed E-state index contributed by atoms with van der Waals surface area (Å²) in [5, 5.41) is 10.2. The van der Waals surface area contributed by atoms with Gasteiger partial charge in [0, 0.05) is 23.4 Å². The first kappa shape index (κ1) is 14.6. The number of aromatic amines is 1. The molecule has 3 rings (SSSR count). The SMILES string of the molecule is COc1ccccc1C1(C(=O)NCc2c(C)n[nH]c2C)CC1. The van der Waals surface area contributed by atoms with Crippen LogP contribution in [-0.2, 0) is 16.8 Å². The molecule has 0 atom stereocenters. The number of H-pyrrole nitrogens is 1. The number of hydrogen-bond acceptors (Lipinski definition) is 3. The summed E-state index contributed by atoms with van der Waals surface area (Å²) < 4.78 is 5.42. The van der Waals surface area contributed by atoms with E-state index in [1.807, 2.05) is 38.1 Å². The molecule has 1 amide bonds. The maximum atomic E-state index is 12.7. The number of aromatic nitrogens is 2. The molecule has 1 fully saturated rings. The fourth-order valence-electron chi connectivity index (χ4n) is 2.96. The van der Waals surface area contributed by atoms with Crippen LogP contribution < -0.4 is 10.1 Å². The Balaban J connectivity index is 1.77. The molecule has 1 saturated carbocycles. The summed E-state index contributed by atoms with van der Waals surface area (Å²) in [5.74, 6) is 0.850. The third-order valence-electron chi connectivity index (χ3n) is 4.51. The molecule has 1 aromatic carbocycles. The van der Waals surface area contributed by atoms with Gasteiger partial charge in [0.1, 0.15) is 5.75 Å². The van der Waals surface area contributed by atoms with Crippen molar-refractivity contribution >= 4 is 5.91 Å². The number of rotatable bonds is 5. The molecule has 116 valence electrons. The molecular weight excluding hydrogens is 278 g/mol. The van der Waals surface area contributed by atoms with Gasteiger partial charge in [0.15, 0.2) is 0 Å². The van der Waals surface area contributed by atoms with Crippen molar-refractivity contribution in [3.05, 3.63) is 46.8 Å². The second-order valence-electron chi connectivity index (χ2n) is 5.88. The van der Waals surface area contributed by atoms with Crippen LogP contribution in [0.5, 0.6) is 5.75 Å². The maximum absolute atomic E-state index is 12.7. The van der Waals surface area contributed by atoms with Crippen molar-refractivity contribution in [1.82, 2.24) is 15.5 Å². The van der Waals surface area contributed by atoms with E-state index in [4.69, 9.17) is 4.74 Å². The van der Waals surface area contributed by atoms with Crippen molar-refractivity contribution in [3.63, 3.8) is 0 Å². The van der Waals surface area contributed by atoms with Gasteiger partial charge in [-0.15, -0.1) is 0 Å². The van der Waals surface area contributed by atoms with Gasteiger partial charge in [-0.25, -0.2) is 0 Å². The van der Waals surface area contributed by atoms with Crippen molar-refractivity contribution in [2.75, 3.05) is 7.11 Å². The van der Waals surface area contributed by atoms with Gasteiger partial charge in [-0.2, -0.15) is 5.10 Å². The van der Waals surface area contributed by atoms with Crippen molar-refractivity contribution in [3.8, 4) is 5.75 Å². The van der Waals surface area contributed by atoms with E-state index in [1.165, 1.54) is 0 Å². The van der Waals surface area contributed by atoms with Crippen LogP contribution in [0, 0.1) is 13.8 Å². The molecule has 5 nitrogen and oxygen atoms in total. The molecule has 0 saturated heterocycles. The average molecular weight is 299 g/mol. The van der Waals surface area contributed by atoms with Crippen LogP contribution in [0.4, 0.5) is 0 Å². The molecule has 0 spiro atoms. The average Bonchev–Trinajstić information content (AvgIpc) is 3.28. The lowest BCUT2D eigenvalue weighted by molar-refractivity contribution is -0.123. The Hall–Kier alpha value is -2.30. The second kappa shape index (κ2) is 5.48. The van der Waals surface area contributed by atoms with Gasteiger partial charge < -0.3 is 10.1 Å². The van der Waals surface area contributed by atoms with E-state index < -0.39 is 5.41 Å². The number of benzene rings is 1. The van der Waals surface area contributed by atoms with Gasteiger partial charge in [-0.1, -0.05) is 18.2 Å². The quantitative estimate of drug-likeness (QED) is 0.891. The van der Waals surface area contributed by atoms with Gasteiger partial charge in [-0.3, -0.25) is 9.89 Å². The summed E-state index contributed by atoms with van der Waals surface area (Å²) in [5.41, 5.74) is 3.54. The number of amides is 1. The number of carbonyl (C=O) groups excluding carboxylic acids is 1. The molecule has 0 radical (unpaired) electrons. The number of nitrogens with zero attached hydrogens (tertiary/aromatic N) is 1. The van der Waals surface area contributed by atoms with Crippen molar-refractivity contribution in [2.45, 2.75) is 38.6 Å². The van der Waals surface area contributed by atoms with E-state index in [9.17, 15) is 4.79 Å². The largest absolute Gasteiger partial charge is 0.496 e. The maximum Gasteiger partial charge on any atom is 0.231 e. The fourth-order valence-corrected chi connectivity index (χ4v) is 2.96. The van der Waals surface area contributed by atoms with Crippen LogP contribution in [0.25, 0.3) is 0 Å². The summed E-state index contributed by atoms with van der Waals surface area (Å²) in [7, 11) is 1.64. The van der Waals surface area contributed by atoms with Crippen LogP contribution in [0.15, 0.2) is 24.3 Å². The molecule has 22 heavy (non-hydrogen) atoms.